The Morgan fingerprint density at radius 1 is 1.29 bits per heavy atom. The molecule has 0 spiro atoms. The third-order valence-corrected chi connectivity index (χ3v) is 4.42. The molecule has 0 saturated heterocycles. The molecule has 0 aromatic heterocycles. The number of hydrogen-bond donors (Lipinski definition) is 1. The van der Waals surface area contributed by atoms with E-state index in [1.165, 1.54) is 0 Å². The lowest BCUT2D eigenvalue weighted by Crippen LogP contribution is -2.38. The quantitative estimate of drug-likeness (QED) is 0.904. The van der Waals surface area contributed by atoms with Crippen LogP contribution in [0, 0.1) is 5.92 Å². The van der Waals surface area contributed by atoms with Gasteiger partial charge in [0, 0.05) is 11.6 Å². The Bertz CT molecular complexity index is 715. The van der Waals surface area contributed by atoms with Gasteiger partial charge in [0.1, 0.15) is 18.1 Å². The van der Waals surface area contributed by atoms with Crippen molar-refractivity contribution in [3.05, 3.63) is 58.6 Å². The summed E-state index contributed by atoms with van der Waals surface area (Å²) in [5.41, 5.74) is 2.16. The van der Waals surface area contributed by atoms with E-state index in [2.05, 4.69) is 5.32 Å². The van der Waals surface area contributed by atoms with Crippen molar-refractivity contribution < 1.29 is 14.3 Å². The highest BCUT2D eigenvalue weighted by molar-refractivity contribution is 6.30. The summed E-state index contributed by atoms with van der Waals surface area (Å²) in [6.45, 7) is 1.01. The number of ether oxygens (including phenoxy) is 2. The lowest BCUT2D eigenvalue weighted by molar-refractivity contribution is -0.126. The van der Waals surface area contributed by atoms with E-state index in [4.69, 9.17) is 21.1 Å². The largest absolute Gasteiger partial charge is 0.497 e. The zero-order valence-electron chi connectivity index (χ0n) is 13.5. The van der Waals surface area contributed by atoms with E-state index in [-0.39, 0.29) is 11.8 Å². The van der Waals surface area contributed by atoms with Gasteiger partial charge in [0.15, 0.2) is 0 Å². The van der Waals surface area contributed by atoms with E-state index < -0.39 is 0 Å². The second-order valence-electron chi connectivity index (χ2n) is 5.85. The molecule has 0 fully saturated rings. The minimum absolute atomic E-state index is 0.0254. The number of nitrogens with one attached hydrogen (secondary N) is 1. The van der Waals surface area contributed by atoms with E-state index in [0.717, 1.165) is 34.1 Å². The molecule has 3 rings (SSSR count). The van der Waals surface area contributed by atoms with Crippen LogP contribution in [0.1, 0.15) is 11.1 Å². The fraction of sp³-hybridized carbons (Fsp3) is 0.316. The Hall–Kier alpha value is -2.20. The summed E-state index contributed by atoms with van der Waals surface area (Å²) in [7, 11) is 1.63. The van der Waals surface area contributed by atoms with Crippen molar-refractivity contribution in [2.45, 2.75) is 12.8 Å². The molecule has 1 atom stereocenters. The number of methoxy groups -OCH3 is 1. The number of carbonyl (C=O) groups is 1. The van der Waals surface area contributed by atoms with Gasteiger partial charge in [0.2, 0.25) is 5.91 Å². The smallest absolute Gasteiger partial charge is 0.226 e. The van der Waals surface area contributed by atoms with Crippen LogP contribution in [-0.4, -0.2) is 26.2 Å². The molecule has 4 nitrogen and oxygen atoms in total. The first-order chi connectivity index (χ1) is 11.7. The van der Waals surface area contributed by atoms with Crippen molar-refractivity contribution >= 4 is 17.5 Å². The molecule has 1 amide bonds. The van der Waals surface area contributed by atoms with Crippen LogP contribution in [0.15, 0.2) is 42.5 Å². The minimum Gasteiger partial charge on any atom is -0.497 e. The van der Waals surface area contributed by atoms with Crippen LogP contribution in [0.3, 0.4) is 0 Å². The number of amides is 1. The molecule has 0 aliphatic carbocycles. The fourth-order valence-corrected chi connectivity index (χ4v) is 2.92. The number of hydrogen-bond acceptors (Lipinski definition) is 3. The third-order valence-electron chi connectivity index (χ3n) is 4.17. The molecule has 0 bridgehead atoms. The molecule has 1 aliphatic heterocycles. The van der Waals surface area contributed by atoms with Gasteiger partial charge in [-0.2, -0.15) is 0 Å². The Labute approximate surface area is 146 Å². The van der Waals surface area contributed by atoms with E-state index in [1.807, 2.05) is 42.5 Å². The highest BCUT2D eigenvalue weighted by atomic mass is 35.5. The molecule has 24 heavy (non-hydrogen) atoms. The van der Waals surface area contributed by atoms with Crippen LogP contribution < -0.4 is 14.8 Å². The van der Waals surface area contributed by atoms with E-state index >= 15 is 0 Å². The van der Waals surface area contributed by atoms with Gasteiger partial charge in [-0.05, 0) is 54.3 Å². The molecule has 126 valence electrons. The summed E-state index contributed by atoms with van der Waals surface area (Å²) in [6.07, 6.45) is 1.44. The molecule has 5 heteroatoms. The standard InChI is InChI=1S/C19H20ClNO3/c1-23-17-6-7-18-14(11-17)10-15(12-24-18)19(22)21-9-8-13-2-4-16(20)5-3-13/h2-7,11,15H,8-10,12H2,1H3,(H,21,22)/t15-/m0/s1. The van der Waals surface area contributed by atoms with Gasteiger partial charge in [0.05, 0.1) is 13.0 Å². The number of carbonyl (C=O) groups excluding carboxylic acids is 1. The molecule has 1 N–H and O–H groups in total. The lowest BCUT2D eigenvalue weighted by atomic mass is 9.95. The number of rotatable bonds is 5. The maximum absolute atomic E-state index is 12.4. The van der Waals surface area contributed by atoms with Crippen LogP contribution >= 0.6 is 11.6 Å². The van der Waals surface area contributed by atoms with Gasteiger partial charge in [-0.3, -0.25) is 4.79 Å². The maximum atomic E-state index is 12.4. The second-order valence-corrected chi connectivity index (χ2v) is 6.29. The van der Waals surface area contributed by atoms with Gasteiger partial charge >= 0.3 is 0 Å². The molecule has 2 aromatic rings. The normalized spacial score (nSPS) is 16.0. The third kappa shape index (κ3) is 4.01. The van der Waals surface area contributed by atoms with Gasteiger partial charge in [0.25, 0.3) is 0 Å². The lowest BCUT2D eigenvalue weighted by Gasteiger charge is -2.25. The first-order valence-corrected chi connectivity index (χ1v) is 8.35. The van der Waals surface area contributed by atoms with Crippen molar-refractivity contribution in [1.29, 1.82) is 0 Å². The predicted molar refractivity (Wildman–Crippen MR) is 93.8 cm³/mol. The average molecular weight is 346 g/mol. The molecular formula is C19H20ClNO3. The summed E-state index contributed by atoms with van der Waals surface area (Å²) in [5, 5.41) is 3.71. The first-order valence-electron chi connectivity index (χ1n) is 7.97. The molecule has 1 heterocycles. The predicted octanol–water partition coefficient (Wildman–Crippen LogP) is 3.26. The highest BCUT2D eigenvalue weighted by Crippen LogP contribution is 2.30. The molecule has 1 aliphatic rings. The fourth-order valence-electron chi connectivity index (χ4n) is 2.79. The SMILES string of the molecule is COc1ccc2c(c1)C[C@H](C(=O)NCCc1ccc(Cl)cc1)CO2. The van der Waals surface area contributed by atoms with Crippen molar-refractivity contribution in [1.82, 2.24) is 5.32 Å². The summed E-state index contributed by atoms with van der Waals surface area (Å²) < 4.78 is 10.9. The highest BCUT2D eigenvalue weighted by Gasteiger charge is 2.26. The zero-order valence-corrected chi connectivity index (χ0v) is 14.3. The van der Waals surface area contributed by atoms with E-state index in [9.17, 15) is 4.79 Å². The molecule has 0 saturated carbocycles. The molecule has 0 unspecified atom stereocenters. The molecular weight excluding hydrogens is 326 g/mol. The number of benzene rings is 2. The summed E-state index contributed by atoms with van der Waals surface area (Å²) >= 11 is 5.87. The summed E-state index contributed by atoms with van der Waals surface area (Å²) in [6, 6.07) is 13.4. The number of fused-ring (bicyclic) bond motifs is 1. The Kier molecular flexibility index (Phi) is 5.26. The van der Waals surface area contributed by atoms with Gasteiger partial charge in [-0.1, -0.05) is 23.7 Å². The topological polar surface area (TPSA) is 47.6 Å². The second kappa shape index (κ2) is 7.58. The first kappa shape index (κ1) is 16.7. The van der Waals surface area contributed by atoms with Crippen molar-refractivity contribution in [3.63, 3.8) is 0 Å². The monoisotopic (exact) mass is 345 g/mol. The van der Waals surface area contributed by atoms with Gasteiger partial charge < -0.3 is 14.8 Å². The molecule has 0 radical (unpaired) electrons. The van der Waals surface area contributed by atoms with E-state index in [0.29, 0.717) is 19.6 Å². The molecule has 2 aromatic carbocycles. The zero-order chi connectivity index (χ0) is 16.9. The minimum atomic E-state index is -0.171. The number of halogens is 1. The van der Waals surface area contributed by atoms with Crippen LogP contribution in [0.4, 0.5) is 0 Å². The van der Waals surface area contributed by atoms with Crippen molar-refractivity contribution in [2.24, 2.45) is 5.92 Å². The van der Waals surface area contributed by atoms with Crippen LogP contribution in [-0.2, 0) is 17.6 Å². The average Bonchev–Trinajstić information content (AvgIpc) is 2.62. The maximum Gasteiger partial charge on any atom is 0.226 e. The Balaban J connectivity index is 1.53. The van der Waals surface area contributed by atoms with Crippen LogP contribution in [0.25, 0.3) is 0 Å². The van der Waals surface area contributed by atoms with E-state index in [1.54, 1.807) is 7.11 Å². The van der Waals surface area contributed by atoms with Gasteiger partial charge in [-0.15, -0.1) is 0 Å². The van der Waals surface area contributed by atoms with Crippen LogP contribution in [0.2, 0.25) is 5.02 Å². The van der Waals surface area contributed by atoms with Crippen molar-refractivity contribution in [2.75, 3.05) is 20.3 Å². The van der Waals surface area contributed by atoms with Gasteiger partial charge in [-0.25, -0.2) is 0 Å². The summed E-state index contributed by atoms with van der Waals surface area (Å²) in [5.74, 6) is 1.47. The Morgan fingerprint density at radius 3 is 2.83 bits per heavy atom. The van der Waals surface area contributed by atoms with Crippen molar-refractivity contribution in [3.8, 4) is 11.5 Å². The van der Waals surface area contributed by atoms with Crippen LogP contribution in [0.5, 0.6) is 11.5 Å². The Morgan fingerprint density at radius 2 is 2.08 bits per heavy atom. The summed E-state index contributed by atoms with van der Waals surface area (Å²) in [4.78, 5) is 12.4.